The van der Waals surface area contributed by atoms with Gasteiger partial charge in [0.1, 0.15) is 11.9 Å². The molecule has 1 aromatic rings. The smallest absolute Gasteiger partial charge is 0.308 e. The van der Waals surface area contributed by atoms with Crippen LogP contribution in [0.3, 0.4) is 0 Å². The Bertz CT molecular complexity index is 430. The minimum atomic E-state index is -1.34. The van der Waals surface area contributed by atoms with Crippen LogP contribution in [0.5, 0.6) is 0 Å². The first kappa shape index (κ1) is 15.6. The van der Waals surface area contributed by atoms with E-state index in [2.05, 4.69) is 36.6 Å². The van der Waals surface area contributed by atoms with Gasteiger partial charge >= 0.3 is 5.97 Å². The molecule has 0 spiro atoms. The number of aliphatic hydroxyl groups excluding tert-OH is 2. The van der Waals surface area contributed by atoms with E-state index in [1.54, 1.807) is 0 Å². The van der Waals surface area contributed by atoms with E-state index < -0.39 is 24.0 Å². The molecule has 0 heterocycles. The van der Waals surface area contributed by atoms with E-state index in [1.807, 2.05) is 0 Å². The maximum Gasteiger partial charge on any atom is 0.308 e. The number of hydrogen-bond donors (Lipinski definition) is 2. The van der Waals surface area contributed by atoms with Crippen LogP contribution in [0.2, 0.25) is 0 Å². The second kappa shape index (κ2) is 6.60. The zero-order chi connectivity index (χ0) is 13.9. The van der Waals surface area contributed by atoms with Crippen LogP contribution in [0.1, 0.15) is 18.1 Å². The Kier molecular flexibility index (Phi) is 5.71. The third-order valence-corrected chi connectivity index (χ3v) is 3.62. The van der Waals surface area contributed by atoms with Crippen LogP contribution >= 0.6 is 31.9 Å². The molecule has 1 aromatic carbocycles. The lowest BCUT2D eigenvalue weighted by atomic mass is 10.0. The standard InChI is InChI=1S/C11H11Br2FO4/c1-18-9(16)4-8(15)11(17)10-6(12)2-5(14)3-7(10)13/h2-3,8,11,15,17H,4H2,1H3. The molecule has 0 aromatic heterocycles. The van der Waals surface area contributed by atoms with Crippen molar-refractivity contribution < 1.29 is 24.1 Å². The molecule has 0 radical (unpaired) electrons. The van der Waals surface area contributed by atoms with Crippen LogP contribution in [0.15, 0.2) is 21.1 Å². The lowest BCUT2D eigenvalue weighted by molar-refractivity contribution is -0.144. The minimum absolute atomic E-state index is 0.271. The van der Waals surface area contributed by atoms with E-state index in [4.69, 9.17) is 0 Å². The van der Waals surface area contributed by atoms with Crippen LogP contribution in [0.25, 0.3) is 0 Å². The van der Waals surface area contributed by atoms with Crippen LogP contribution in [-0.2, 0) is 9.53 Å². The van der Waals surface area contributed by atoms with Crippen molar-refractivity contribution in [1.29, 1.82) is 0 Å². The highest BCUT2D eigenvalue weighted by Gasteiger charge is 2.26. The first-order valence-corrected chi connectivity index (χ1v) is 6.52. The van der Waals surface area contributed by atoms with Crippen molar-refractivity contribution >= 4 is 37.8 Å². The summed E-state index contributed by atoms with van der Waals surface area (Å²) in [6, 6.07) is 2.32. The molecule has 4 nitrogen and oxygen atoms in total. The van der Waals surface area contributed by atoms with Crippen LogP contribution in [-0.4, -0.2) is 29.4 Å². The highest BCUT2D eigenvalue weighted by atomic mass is 79.9. The summed E-state index contributed by atoms with van der Waals surface area (Å²) >= 11 is 6.19. The van der Waals surface area contributed by atoms with Gasteiger partial charge in [0.15, 0.2) is 0 Å². The van der Waals surface area contributed by atoms with Gasteiger partial charge in [-0.05, 0) is 12.1 Å². The number of methoxy groups -OCH3 is 1. The largest absolute Gasteiger partial charge is 0.469 e. The maximum absolute atomic E-state index is 13.1. The molecule has 2 N–H and O–H groups in total. The van der Waals surface area contributed by atoms with Crippen molar-refractivity contribution in [3.63, 3.8) is 0 Å². The molecule has 1 rings (SSSR count). The Hall–Kier alpha value is -0.500. The third-order valence-electron chi connectivity index (χ3n) is 2.31. The predicted octanol–water partition coefficient (Wildman–Crippen LogP) is 2.31. The summed E-state index contributed by atoms with van der Waals surface area (Å²) < 4.78 is 18.0. The van der Waals surface area contributed by atoms with Gasteiger partial charge < -0.3 is 14.9 Å². The molecule has 0 aliphatic rings. The monoisotopic (exact) mass is 384 g/mol. The topological polar surface area (TPSA) is 66.8 Å². The number of carbonyl (C=O) groups is 1. The summed E-state index contributed by atoms with van der Waals surface area (Å²) in [4.78, 5) is 11.0. The number of rotatable bonds is 4. The first-order chi connectivity index (χ1) is 8.36. The fourth-order valence-electron chi connectivity index (χ4n) is 1.39. The second-order valence-electron chi connectivity index (χ2n) is 3.58. The molecule has 0 fully saturated rings. The van der Waals surface area contributed by atoms with Crippen LogP contribution < -0.4 is 0 Å². The Morgan fingerprint density at radius 1 is 1.39 bits per heavy atom. The fraction of sp³-hybridized carbons (Fsp3) is 0.364. The molecular formula is C11H11Br2FO4. The average molecular weight is 386 g/mol. The Morgan fingerprint density at radius 3 is 2.33 bits per heavy atom. The molecule has 2 atom stereocenters. The number of benzene rings is 1. The zero-order valence-electron chi connectivity index (χ0n) is 9.36. The predicted molar refractivity (Wildman–Crippen MR) is 69.4 cm³/mol. The van der Waals surface area contributed by atoms with Crippen molar-refractivity contribution in [2.75, 3.05) is 7.11 Å². The number of halogens is 3. The van der Waals surface area contributed by atoms with E-state index in [0.717, 1.165) is 12.1 Å². The molecular weight excluding hydrogens is 375 g/mol. The van der Waals surface area contributed by atoms with E-state index in [0.29, 0.717) is 8.95 Å². The van der Waals surface area contributed by atoms with Gasteiger partial charge in [-0.25, -0.2) is 4.39 Å². The number of carbonyl (C=O) groups excluding carboxylic acids is 1. The highest BCUT2D eigenvalue weighted by molar-refractivity contribution is 9.11. The van der Waals surface area contributed by atoms with Crippen molar-refractivity contribution in [3.05, 3.63) is 32.5 Å². The van der Waals surface area contributed by atoms with E-state index in [1.165, 1.54) is 7.11 Å². The molecule has 2 unspecified atom stereocenters. The summed E-state index contributed by atoms with van der Waals surface area (Å²) in [6.07, 6.45) is -3.03. The quantitative estimate of drug-likeness (QED) is 0.780. The van der Waals surface area contributed by atoms with Crippen molar-refractivity contribution in [2.24, 2.45) is 0 Å². The van der Waals surface area contributed by atoms with Gasteiger partial charge in [0, 0.05) is 14.5 Å². The second-order valence-corrected chi connectivity index (χ2v) is 5.28. The molecule has 0 bridgehead atoms. The molecule has 0 aliphatic carbocycles. The lowest BCUT2D eigenvalue weighted by Gasteiger charge is -2.19. The Balaban J connectivity index is 2.96. The van der Waals surface area contributed by atoms with Gasteiger partial charge in [-0.3, -0.25) is 4.79 Å². The van der Waals surface area contributed by atoms with E-state index >= 15 is 0 Å². The van der Waals surface area contributed by atoms with Gasteiger partial charge in [-0.2, -0.15) is 0 Å². The summed E-state index contributed by atoms with van der Waals surface area (Å²) in [5.74, 6) is -1.14. The lowest BCUT2D eigenvalue weighted by Crippen LogP contribution is -2.23. The average Bonchev–Trinajstić information content (AvgIpc) is 2.27. The van der Waals surface area contributed by atoms with E-state index in [-0.39, 0.29) is 12.0 Å². The number of hydrogen-bond acceptors (Lipinski definition) is 4. The summed E-state index contributed by atoms with van der Waals surface area (Å²) in [6.45, 7) is 0. The molecule has 0 saturated heterocycles. The number of esters is 1. The zero-order valence-corrected chi connectivity index (χ0v) is 12.5. The molecule has 18 heavy (non-hydrogen) atoms. The highest BCUT2D eigenvalue weighted by Crippen LogP contribution is 2.34. The Labute approximate surface area is 120 Å². The van der Waals surface area contributed by atoms with Crippen LogP contribution in [0.4, 0.5) is 4.39 Å². The number of ether oxygens (including phenoxy) is 1. The normalized spacial score (nSPS) is 14.1. The molecule has 0 aliphatic heterocycles. The molecule has 0 amide bonds. The van der Waals surface area contributed by atoms with Crippen molar-refractivity contribution in [1.82, 2.24) is 0 Å². The fourth-order valence-corrected chi connectivity index (χ4v) is 2.99. The van der Waals surface area contributed by atoms with E-state index in [9.17, 15) is 19.4 Å². The summed E-state index contributed by atoms with van der Waals surface area (Å²) in [5, 5.41) is 19.7. The number of aliphatic hydroxyl groups is 2. The van der Waals surface area contributed by atoms with Gasteiger partial charge in [-0.15, -0.1) is 0 Å². The SMILES string of the molecule is COC(=O)CC(O)C(O)c1c(Br)cc(F)cc1Br. The van der Waals surface area contributed by atoms with Gasteiger partial charge in [0.05, 0.1) is 19.6 Å². The molecule has 0 saturated carbocycles. The molecule has 100 valence electrons. The summed E-state index contributed by atoms with van der Waals surface area (Å²) in [5.41, 5.74) is 0.271. The maximum atomic E-state index is 13.1. The third kappa shape index (κ3) is 3.74. The van der Waals surface area contributed by atoms with Crippen LogP contribution in [0, 0.1) is 5.82 Å². The summed E-state index contributed by atoms with van der Waals surface area (Å²) in [7, 11) is 1.19. The Morgan fingerprint density at radius 2 is 1.89 bits per heavy atom. The first-order valence-electron chi connectivity index (χ1n) is 4.94. The van der Waals surface area contributed by atoms with Gasteiger partial charge in [0.25, 0.3) is 0 Å². The van der Waals surface area contributed by atoms with Gasteiger partial charge in [-0.1, -0.05) is 31.9 Å². The van der Waals surface area contributed by atoms with Crippen molar-refractivity contribution in [3.8, 4) is 0 Å². The van der Waals surface area contributed by atoms with Crippen molar-refractivity contribution in [2.45, 2.75) is 18.6 Å². The minimum Gasteiger partial charge on any atom is -0.469 e. The molecule has 7 heteroatoms. The van der Waals surface area contributed by atoms with Gasteiger partial charge in [0.2, 0.25) is 0 Å².